The van der Waals surface area contributed by atoms with Gasteiger partial charge in [0.05, 0.1) is 32.0 Å². The van der Waals surface area contributed by atoms with Crippen LogP contribution in [0.3, 0.4) is 0 Å². The second-order valence-electron chi connectivity index (χ2n) is 8.76. The van der Waals surface area contributed by atoms with Crippen LogP contribution in [0.25, 0.3) is 11.3 Å². The first-order valence-corrected chi connectivity index (χ1v) is 11.0. The van der Waals surface area contributed by atoms with E-state index >= 15 is 0 Å². The fraction of sp³-hybridized carbons (Fsp3) is 0.360. The second kappa shape index (κ2) is 9.15. The molecule has 0 bridgehead atoms. The Balaban J connectivity index is 1.59. The van der Waals surface area contributed by atoms with Crippen LogP contribution in [0.1, 0.15) is 31.9 Å². The summed E-state index contributed by atoms with van der Waals surface area (Å²) in [5, 5.41) is 6.24. The lowest BCUT2D eigenvalue weighted by molar-refractivity contribution is 0.134. The lowest BCUT2D eigenvalue weighted by atomic mass is 10.1. The Morgan fingerprint density at radius 1 is 1.24 bits per heavy atom. The van der Waals surface area contributed by atoms with Crippen molar-refractivity contribution >= 4 is 23.4 Å². The lowest BCUT2D eigenvalue weighted by Crippen LogP contribution is -2.36. The molecule has 2 amide bonds. The van der Waals surface area contributed by atoms with Gasteiger partial charge in [0, 0.05) is 29.6 Å². The number of nitrogens with zero attached hydrogens (tertiary/aromatic N) is 2. The predicted octanol–water partition coefficient (Wildman–Crippen LogP) is 5.25. The Hall–Kier alpha value is -3.52. The molecule has 4 rings (SSSR count). The minimum atomic E-state index is -0.307. The summed E-state index contributed by atoms with van der Waals surface area (Å²) in [5.74, 6) is 1.20. The van der Waals surface area contributed by atoms with Crippen LogP contribution in [0.2, 0.25) is 0 Å². The van der Waals surface area contributed by atoms with E-state index in [9.17, 15) is 4.79 Å². The number of rotatable bonds is 8. The summed E-state index contributed by atoms with van der Waals surface area (Å²) in [4.78, 5) is 18.6. The molecule has 2 aromatic carbocycles. The first-order chi connectivity index (χ1) is 15.8. The summed E-state index contributed by atoms with van der Waals surface area (Å²) in [7, 11) is 1.60. The number of urea groups is 1. The third-order valence-corrected chi connectivity index (χ3v) is 5.49. The zero-order valence-electron chi connectivity index (χ0n) is 19.7. The molecule has 2 N–H and O–H groups in total. The van der Waals surface area contributed by atoms with Crippen LogP contribution in [0.5, 0.6) is 5.75 Å². The van der Waals surface area contributed by atoms with Crippen molar-refractivity contribution in [2.75, 3.05) is 30.5 Å². The number of amides is 2. The van der Waals surface area contributed by atoms with Gasteiger partial charge in [0.1, 0.15) is 5.75 Å². The lowest BCUT2D eigenvalue weighted by Gasteiger charge is -2.19. The van der Waals surface area contributed by atoms with Gasteiger partial charge in [0.25, 0.3) is 6.01 Å². The monoisotopic (exact) mass is 450 g/mol. The van der Waals surface area contributed by atoms with Gasteiger partial charge in [-0.1, -0.05) is 12.1 Å². The Bertz CT molecular complexity index is 1160. The first-order valence-electron chi connectivity index (χ1n) is 11.0. The van der Waals surface area contributed by atoms with E-state index in [0.29, 0.717) is 37.3 Å². The molecule has 0 aliphatic carbocycles. The molecule has 0 spiro atoms. The molecule has 174 valence electrons. The molecule has 1 aromatic heterocycles. The van der Waals surface area contributed by atoms with Crippen molar-refractivity contribution < 1.29 is 18.7 Å². The molecule has 8 nitrogen and oxygen atoms in total. The number of oxazole rings is 1. The highest BCUT2D eigenvalue weighted by atomic mass is 16.5. The van der Waals surface area contributed by atoms with E-state index in [4.69, 9.17) is 13.9 Å². The number of carbonyl (C=O) groups is 1. The van der Waals surface area contributed by atoms with Crippen LogP contribution in [0.4, 0.5) is 22.2 Å². The Morgan fingerprint density at radius 3 is 2.76 bits per heavy atom. The van der Waals surface area contributed by atoms with E-state index < -0.39 is 0 Å². The summed E-state index contributed by atoms with van der Waals surface area (Å²) < 4.78 is 17.0. The van der Waals surface area contributed by atoms with Crippen molar-refractivity contribution in [3.05, 3.63) is 53.7 Å². The average molecular weight is 451 g/mol. The van der Waals surface area contributed by atoms with Gasteiger partial charge in [0.15, 0.2) is 5.76 Å². The molecule has 0 unspecified atom stereocenters. The number of methoxy groups -OCH3 is 1. The molecule has 3 aromatic rings. The molecule has 33 heavy (non-hydrogen) atoms. The van der Waals surface area contributed by atoms with E-state index in [2.05, 4.69) is 15.6 Å². The highest BCUT2D eigenvalue weighted by molar-refractivity contribution is 5.96. The number of ether oxygens (including phenoxy) is 2. The predicted molar refractivity (Wildman–Crippen MR) is 128 cm³/mol. The maximum atomic E-state index is 12.5. The molecule has 0 radical (unpaired) electrons. The number of aryl methyl sites for hydroxylation is 1. The summed E-state index contributed by atoms with van der Waals surface area (Å²) in [6, 6.07) is 12.0. The van der Waals surface area contributed by atoms with Crippen LogP contribution in [-0.4, -0.2) is 36.8 Å². The quantitative estimate of drug-likeness (QED) is 0.487. The highest BCUT2D eigenvalue weighted by Gasteiger charge is 2.36. The number of nitrogens with one attached hydrogen (secondary N) is 2. The Kier molecular flexibility index (Phi) is 6.29. The molecule has 1 aliphatic rings. The number of hydrogen-bond donors (Lipinski definition) is 2. The summed E-state index contributed by atoms with van der Waals surface area (Å²) in [6.07, 6.45) is 1.66. The molecule has 1 saturated heterocycles. The van der Waals surface area contributed by atoms with Gasteiger partial charge >= 0.3 is 6.03 Å². The molecule has 8 heteroatoms. The van der Waals surface area contributed by atoms with Gasteiger partial charge in [-0.15, -0.1) is 0 Å². The molecular formula is C25H30N4O4. The smallest absolute Gasteiger partial charge is 0.322 e. The number of benzene rings is 2. The van der Waals surface area contributed by atoms with Gasteiger partial charge in [0.2, 0.25) is 0 Å². The van der Waals surface area contributed by atoms with Crippen LogP contribution < -0.4 is 20.3 Å². The van der Waals surface area contributed by atoms with Crippen molar-refractivity contribution in [2.45, 2.75) is 39.8 Å². The topological polar surface area (TPSA) is 88.9 Å². The van der Waals surface area contributed by atoms with Crippen LogP contribution in [0.15, 0.2) is 47.0 Å². The fourth-order valence-electron chi connectivity index (χ4n) is 3.77. The summed E-state index contributed by atoms with van der Waals surface area (Å²) >= 11 is 0. The average Bonchev–Trinajstić information content (AvgIpc) is 3.36. The van der Waals surface area contributed by atoms with Crippen molar-refractivity contribution in [2.24, 2.45) is 0 Å². The Labute approximate surface area is 193 Å². The number of hydrogen-bond acceptors (Lipinski definition) is 6. The third-order valence-electron chi connectivity index (χ3n) is 5.49. The minimum absolute atomic E-state index is 0.137. The second-order valence-corrected chi connectivity index (χ2v) is 8.76. The van der Waals surface area contributed by atoms with Crippen LogP contribution in [-0.2, 0) is 11.3 Å². The van der Waals surface area contributed by atoms with E-state index in [1.807, 2.05) is 64.1 Å². The van der Waals surface area contributed by atoms with Gasteiger partial charge in [-0.25, -0.2) is 9.78 Å². The van der Waals surface area contributed by atoms with Gasteiger partial charge < -0.3 is 24.5 Å². The van der Waals surface area contributed by atoms with Crippen molar-refractivity contribution in [3.63, 3.8) is 0 Å². The minimum Gasteiger partial charge on any atom is -0.497 e. The van der Waals surface area contributed by atoms with E-state index in [0.717, 1.165) is 28.1 Å². The molecular weight excluding hydrogens is 420 g/mol. The van der Waals surface area contributed by atoms with Crippen molar-refractivity contribution in [3.8, 4) is 17.1 Å². The largest absolute Gasteiger partial charge is 0.497 e. The van der Waals surface area contributed by atoms with Crippen molar-refractivity contribution in [1.29, 1.82) is 0 Å². The number of anilines is 3. The first kappa shape index (κ1) is 22.7. The molecule has 1 aliphatic heterocycles. The van der Waals surface area contributed by atoms with E-state index in [-0.39, 0.29) is 11.6 Å². The fourth-order valence-corrected chi connectivity index (χ4v) is 3.77. The maximum absolute atomic E-state index is 12.5. The standard InChI is InChI=1S/C25H30N4O4/c1-6-32-14-17-8-7-16(2)21(9-17)27-23-26-13-22(33-23)18-10-19(12-20(11-18)31-5)29-15-25(3,4)28-24(29)30/h7-13H,6,14-15H2,1-5H3,(H,26,27)(H,28,30). The Morgan fingerprint density at radius 2 is 2.06 bits per heavy atom. The number of aromatic nitrogens is 1. The summed E-state index contributed by atoms with van der Waals surface area (Å²) in [5.41, 5.74) is 4.24. The van der Waals surface area contributed by atoms with Gasteiger partial charge in [-0.2, -0.15) is 0 Å². The zero-order chi connectivity index (χ0) is 23.6. The van der Waals surface area contributed by atoms with Gasteiger partial charge in [-0.3, -0.25) is 4.90 Å². The highest BCUT2D eigenvalue weighted by Crippen LogP contribution is 2.34. The maximum Gasteiger partial charge on any atom is 0.322 e. The van der Waals surface area contributed by atoms with E-state index in [1.165, 1.54) is 0 Å². The normalized spacial score (nSPS) is 14.9. The number of carbonyl (C=O) groups excluding carboxylic acids is 1. The third kappa shape index (κ3) is 5.12. The van der Waals surface area contributed by atoms with Crippen LogP contribution >= 0.6 is 0 Å². The molecule has 0 atom stereocenters. The van der Waals surface area contributed by atoms with Crippen LogP contribution in [0, 0.1) is 6.92 Å². The van der Waals surface area contributed by atoms with E-state index in [1.54, 1.807) is 18.2 Å². The SMILES string of the molecule is CCOCc1ccc(C)c(Nc2ncc(-c3cc(OC)cc(N4CC(C)(C)NC4=O)c3)o2)c1. The van der Waals surface area contributed by atoms with Crippen molar-refractivity contribution in [1.82, 2.24) is 10.3 Å². The van der Waals surface area contributed by atoms with Gasteiger partial charge in [-0.05, 0) is 57.0 Å². The molecule has 1 fully saturated rings. The zero-order valence-corrected chi connectivity index (χ0v) is 19.7. The molecule has 2 heterocycles. The summed E-state index contributed by atoms with van der Waals surface area (Å²) in [6.45, 7) is 9.75. The molecule has 0 saturated carbocycles.